The highest BCUT2D eigenvalue weighted by Crippen LogP contribution is 2.44. The Morgan fingerprint density at radius 2 is 1.12 bits per heavy atom. The molecule has 59 heavy (non-hydrogen) atoms. The zero-order chi connectivity index (χ0) is 38.6. The Labute approximate surface area is 346 Å². The zero-order valence-electron chi connectivity index (χ0n) is 31.6. The standard InChI is InChI=1S/C53H32N4S2/c1-2-12-32-27-35(22-21-31(32)11-1)51-54-52(36-23-26-48-43(29-36)39-17-7-9-19-46(39)58-48)56-53(55-51)41-25-24-40-38-16-6-10-20-47(38)59-50(40)49(41)57-44-18-8-5-15-37(44)42-28-33-13-3-4-14-34(33)30-45(42)57/h1-30,52H,(H,54,55,56). The lowest BCUT2D eigenvalue weighted by Crippen LogP contribution is -2.33. The van der Waals surface area contributed by atoms with E-state index in [-0.39, 0.29) is 6.17 Å². The van der Waals surface area contributed by atoms with Gasteiger partial charge in [0.1, 0.15) is 12.0 Å². The molecule has 1 aliphatic heterocycles. The lowest BCUT2D eigenvalue weighted by atomic mass is 10.0. The molecule has 276 valence electrons. The van der Waals surface area contributed by atoms with Crippen molar-refractivity contribution in [1.82, 2.24) is 9.88 Å². The predicted molar refractivity (Wildman–Crippen MR) is 253 cm³/mol. The van der Waals surface area contributed by atoms with Crippen LogP contribution in [0.15, 0.2) is 192 Å². The van der Waals surface area contributed by atoms with E-state index in [2.05, 4.69) is 192 Å². The summed E-state index contributed by atoms with van der Waals surface area (Å²) in [6.07, 6.45) is -0.375. The van der Waals surface area contributed by atoms with E-state index in [0.717, 1.165) is 39.2 Å². The van der Waals surface area contributed by atoms with Crippen molar-refractivity contribution in [2.45, 2.75) is 6.17 Å². The second-order valence-electron chi connectivity index (χ2n) is 15.4. The Bertz CT molecular complexity index is 3790. The normalized spacial score (nSPS) is 14.6. The first kappa shape index (κ1) is 32.9. The molecule has 13 rings (SSSR count). The number of para-hydroxylation sites is 1. The van der Waals surface area contributed by atoms with Crippen molar-refractivity contribution in [1.29, 1.82) is 0 Å². The van der Waals surface area contributed by atoms with Crippen LogP contribution in [0.2, 0.25) is 0 Å². The van der Waals surface area contributed by atoms with Crippen LogP contribution in [0.4, 0.5) is 0 Å². The quantitative estimate of drug-likeness (QED) is 0.190. The number of hydrogen-bond acceptors (Lipinski definition) is 5. The summed E-state index contributed by atoms with van der Waals surface area (Å²) in [5, 5.41) is 16.1. The topological polar surface area (TPSA) is 41.7 Å². The van der Waals surface area contributed by atoms with Crippen LogP contribution in [0.25, 0.3) is 89.4 Å². The molecule has 0 saturated heterocycles. The Balaban J connectivity index is 1.12. The van der Waals surface area contributed by atoms with Gasteiger partial charge in [-0.1, -0.05) is 127 Å². The number of aromatic nitrogens is 1. The molecule has 9 aromatic carbocycles. The van der Waals surface area contributed by atoms with Crippen molar-refractivity contribution >= 4 is 118 Å². The van der Waals surface area contributed by atoms with E-state index >= 15 is 0 Å². The third-order valence-electron chi connectivity index (χ3n) is 12.0. The minimum absolute atomic E-state index is 0.375. The highest BCUT2D eigenvalue weighted by atomic mass is 32.1. The number of aliphatic imine (C=N–C) groups is 2. The van der Waals surface area contributed by atoms with Crippen LogP contribution in [0.3, 0.4) is 0 Å². The smallest absolute Gasteiger partial charge is 0.161 e. The molecule has 0 spiro atoms. The third-order valence-corrected chi connectivity index (χ3v) is 14.4. The number of benzene rings is 9. The van der Waals surface area contributed by atoms with Gasteiger partial charge in [0.05, 0.1) is 21.4 Å². The van der Waals surface area contributed by atoms with E-state index in [1.165, 1.54) is 72.7 Å². The van der Waals surface area contributed by atoms with E-state index < -0.39 is 0 Å². The monoisotopic (exact) mass is 788 g/mol. The molecule has 6 heteroatoms. The maximum atomic E-state index is 5.59. The van der Waals surface area contributed by atoms with Crippen molar-refractivity contribution in [3.63, 3.8) is 0 Å². The van der Waals surface area contributed by atoms with Crippen LogP contribution < -0.4 is 5.32 Å². The van der Waals surface area contributed by atoms with Gasteiger partial charge in [-0.15, -0.1) is 22.7 Å². The summed E-state index contributed by atoms with van der Waals surface area (Å²) in [5.74, 6) is 1.50. The first-order valence-corrected chi connectivity index (χ1v) is 21.6. The van der Waals surface area contributed by atoms with Crippen LogP contribution in [0.5, 0.6) is 0 Å². The molecule has 1 N–H and O–H groups in total. The minimum Gasteiger partial charge on any atom is -0.344 e. The number of rotatable bonds is 4. The lowest BCUT2D eigenvalue weighted by Gasteiger charge is -2.25. The van der Waals surface area contributed by atoms with Crippen LogP contribution >= 0.6 is 22.7 Å². The molecule has 0 bridgehead atoms. The molecule has 0 amide bonds. The van der Waals surface area contributed by atoms with E-state index in [9.17, 15) is 0 Å². The van der Waals surface area contributed by atoms with Crippen molar-refractivity contribution in [3.05, 3.63) is 199 Å². The van der Waals surface area contributed by atoms with Gasteiger partial charge < -0.3 is 9.88 Å². The zero-order valence-corrected chi connectivity index (χ0v) is 33.2. The van der Waals surface area contributed by atoms with Gasteiger partial charge in [0.15, 0.2) is 5.84 Å². The summed E-state index contributed by atoms with van der Waals surface area (Å²) in [4.78, 5) is 11.1. The number of thiophene rings is 2. The van der Waals surface area contributed by atoms with Crippen LogP contribution in [-0.2, 0) is 0 Å². The van der Waals surface area contributed by atoms with Crippen molar-refractivity contribution in [3.8, 4) is 5.69 Å². The second-order valence-corrected chi connectivity index (χ2v) is 17.5. The molecule has 0 radical (unpaired) electrons. The number of nitrogens with zero attached hydrogens (tertiary/aromatic N) is 3. The Kier molecular flexibility index (Phi) is 7.08. The number of amidine groups is 2. The number of nitrogens with one attached hydrogen (secondary N) is 1. The van der Waals surface area contributed by atoms with Gasteiger partial charge in [-0.3, -0.25) is 0 Å². The van der Waals surface area contributed by atoms with Gasteiger partial charge in [-0.25, -0.2) is 9.98 Å². The van der Waals surface area contributed by atoms with E-state index in [4.69, 9.17) is 9.98 Å². The average Bonchev–Trinajstić information content (AvgIpc) is 3.97. The fraction of sp³-hybridized carbons (Fsp3) is 0.0189. The summed E-state index contributed by atoms with van der Waals surface area (Å²) in [7, 11) is 0. The van der Waals surface area contributed by atoms with Crippen LogP contribution in [0, 0.1) is 0 Å². The maximum absolute atomic E-state index is 5.59. The second kappa shape index (κ2) is 12.7. The third kappa shape index (κ3) is 5.07. The Hall–Kier alpha value is -7.12. The van der Waals surface area contributed by atoms with Gasteiger partial charge in [0, 0.05) is 57.5 Å². The van der Waals surface area contributed by atoms with E-state index in [1.54, 1.807) is 0 Å². The van der Waals surface area contributed by atoms with Gasteiger partial charge >= 0.3 is 0 Å². The predicted octanol–water partition coefficient (Wildman–Crippen LogP) is 14.3. The van der Waals surface area contributed by atoms with Crippen molar-refractivity contribution in [2.75, 3.05) is 0 Å². The van der Waals surface area contributed by atoms with Gasteiger partial charge in [0.2, 0.25) is 0 Å². The van der Waals surface area contributed by atoms with E-state index in [0.29, 0.717) is 5.84 Å². The van der Waals surface area contributed by atoms with Gasteiger partial charge in [0.25, 0.3) is 0 Å². The van der Waals surface area contributed by atoms with Gasteiger partial charge in [-0.2, -0.15) is 0 Å². The van der Waals surface area contributed by atoms with Gasteiger partial charge in [-0.05, 0) is 81.7 Å². The van der Waals surface area contributed by atoms with Crippen molar-refractivity contribution < 1.29 is 0 Å². The highest BCUT2D eigenvalue weighted by molar-refractivity contribution is 7.26. The molecule has 12 aromatic rings. The molecule has 1 aliphatic rings. The van der Waals surface area contributed by atoms with Crippen LogP contribution in [0.1, 0.15) is 22.9 Å². The lowest BCUT2D eigenvalue weighted by molar-refractivity contribution is 0.675. The SMILES string of the molecule is c1ccc2cc(C3=NC(c4ccc5c(sc6ccccc65)c4-n4c5ccccc5c5cc6ccccc6cc54)=NC(c4ccc5sc6ccccc6c5c4)N3)ccc2c1. The average molecular weight is 789 g/mol. The molecular formula is C53H32N4S2. The molecule has 0 saturated carbocycles. The number of fused-ring (bicyclic) bond motifs is 11. The Morgan fingerprint density at radius 1 is 0.458 bits per heavy atom. The summed E-state index contributed by atoms with van der Waals surface area (Å²) in [6, 6.07) is 66.1. The van der Waals surface area contributed by atoms with Crippen molar-refractivity contribution in [2.24, 2.45) is 9.98 Å². The molecule has 1 atom stereocenters. The molecule has 3 aromatic heterocycles. The largest absolute Gasteiger partial charge is 0.344 e. The number of hydrogen-bond donors (Lipinski definition) is 1. The fourth-order valence-electron chi connectivity index (χ4n) is 9.21. The first-order chi connectivity index (χ1) is 29.2. The maximum Gasteiger partial charge on any atom is 0.161 e. The molecule has 4 nitrogen and oxygen atoms in total. The van der Waals surface area contributed by atoms with E-state index in [1.807, 2.05) is 22.7 Å². The molecule has 0 aliphatic carbocycles. The highest BCUT2D eigenvalue weighted by Gasteiger charge is 2.27. The summed E-state index contributed by atoms with van der Waals surface area (Å²) in [6.45, 7) is 0. The van der Waals surface area contributed by atoms with Crippen LogP contribution in [-0.4, -0.2) is 16.2 Å². The summed E-state index contributed by atoms with van der Waals surface area (Å²) < 4.78 is 7.52. The molecule has 1 unspecified atom stereocenters. The summed E-state index contributed by atoms with van der Waals surface area (Å²) >= 11 is 3.68. The minimum atomic E-state index is -0.375. The molecule has 0 fully saturated rings. The Morgan fingerprint density at radius 3 is 1.95 bits per heavy atom. The fourth-order valence-corrected chi connectivity index (χ4v) is 11.5. The summed E-state index contributed by atoms with van der Waals surface area (Å²) in [5.41, 5.74) is 6.53. The molecule has 4 heterocycles. The molecular weight excluding hydrogens is 757 g/mol. The first-order valence-electron chi connectivity index (χ1n) is 19.9.